The number of benzene rings is 1. The standard InChI is InChI=1S/C9H6FNO/c10-8-1-2-9-7(5-8)3-4-11(9)6-12/h1-6H. The highest BCUT2D eigenvalue weighted by molar-refractivity contribution is 5.85. The van der Waals surface area contributed by atoms with Crippen molar-refractivity contribution < 1.29 is 9.18 Å². The molecule has 1 aromatic heterocycles. The fraction of sp³-hybridized carbons (Fsp3) is 0. The molecule has 0 unspecified atom stereocenters. The van der Waals surface area contributed by atoms with Gasteiger partial charge < -0.3 is 0 Å². The normalized spacial score (nSPS) is 10.4. The van der Waals surface area contributed by atoms with Gasteiger partial charge in [-0.2, -0.15) is 0 Å². The highest BCUT2D eigenvalue weighted by atomic mass is 19.1. The van der Waals surface area contributed by atoms with Crippen LogP contribution in [0.2, 0.25) is 0 Å². The average Bonchev–Trinajstić information content (AvgIpc) is 2.46. The van der Waals surface area contributed by atoms with Crippen LogP contribution in [0.25, 0.3) is 10.9 Å². The summed E-state index contributed by atoms with van der Waals surface area (Å²) in [6, 6.07) is 6.02. The van der Waals surface area contributed by atoms with Crippen LogP contribution in [-0.4, -0.2) is 11.0 Å². The molecule has 2 rings (SSSR count). The fourth-order valence-electron chi connectivity index (χ4n) is 1.23. The predicted molar refractivity (Wildman–Crippen MR) is 44.0 cm³/mol. The van der Waals surface area contributed by atoms with E-state index in [1.165, 1.54) is 16.7 Å². The molecule has 0 saturated carbocycles. The van der Waals surface area contributed by atoms with Crippen LogP contribution >= 0.6 is 0 Å². The van der Waals surface area contributed by atoms with Crippen molar-refractivity contribution in [2.75, 3.05) is 0 Å². The van der Waals surface area contributed by atoms with Crippen molar-refractivity contribution in [1.82, 2.24) is 4.57 Å². The Morgan fingerprint density at radius 3 is 2.92 bits per heavy atom. The summed E-state index contributed by atoms with van der Waals surface area (Å²) in [6.07, 6.45) is 2.30. The SMILES string of the molecule is O=Cn1ccc2cc(F)ccc21. The summed E-state index contributed by atoms with van der Waals surface area (Å²) >= 11 is 0. The van der Waals surface area contributed by atoms with Crippen LogP contribution < -0.4 is 0 Å². The van der Waals surface area contributed by atoms with Gasteiger partial charge >= 0.3 is 0 Å². The summed E-state index contributed by atoms with van der Waals surface area (Å²) in [4.78, 5) is 10.4. The molecule has 0 N–H and O–H groups in total. The second kappa shape index (κ2) is 2.44. The topological polar surface area (TPSA) is 22.0 Å². The number of rotatable bonds is 1. The molecule has 0 aliphatic carbocycles. The Bertz CT molecular complexity index is 433. The molecule has 2 aromatic rings. The summed E-state index contributed by atoms with van der Waals surface area (Å²) in [5.74, 6) is -0.286. The average molecular weight is 163 g/mol. The van der Waals surface area contributed by atoms with Crippen molar-refractivity contribution in [2.45, 2.75) is 0 Å². The Labute approximate surface area is 68.2 Å². The maximum Gasteiger partial charge on any atom is 0.218 e. The van der Waals surface area contributed by atoms with Crippen molar-refractivity contribution in [3.05, 3.63) is 36.3 Å². The van der Waals surface area contributed by atoms with Gasteiger partial charge in [0.1, 0.15) is 5.82 Å². The molecule has 60 valence electrons. The first-order valence-corrected chi connectivity index (χ1v) is 3.52. The van der Waals surface area contributed by atoms with Gasteiger partial charge in [0.15, 0.2) is 0 Å². The van der Waals surface area contributed by atoms with E-state index in [1.807, 2.05) is 0 Å². The minimum atomic E-state index is -0.286. The van der Waals surface area contributed by atoms with Gasteiger partial charge in [-0.15, -0.1) is 0 Å². The molecule has 12 heavy (non-hydrogen) atoms. The van der Waals surface area contributed by atoms with Crippen molar-refractivity contribution in [1.29, 1.82) is 0 Å². The van der Waals surface area contributed by atoms with E-state index >= 15 is 0 Å². The maximum atomic E-state index is 12.7. The molecular weight excluding hydrogens is 157 g/mol. The molecule has 0 fully saturated rings. The number of halogens is 1. The van der Waals surface area contributed by atoms with Gasteiger partial charge in [-0.1, -0.05) is 0 Å². The van der Waals surface area contributed by atoms with E-state index in [9.17, 15) is 9.18 Å². The van der Waals surface area contributed by atoms with Crippen molar-refractivity contribution in [3.8, 4) is 0 Å². The zero-order chi connectivity index (χ0) is 8.55. The van der Waals surface area contributed by atoms with Crippen LogP contribution in [0.3, 0.4) is 0 Å². The van der Waals surface area contributed by atoms with Crippen molar-refractivity contribution in [3.63, 3.8) is 0 Å². The number of hydrogen-bond donors (Lipinski definition) is 0. The van der Waals surface area contributed by atoms with Gasteiger partial charge in [0.05, 0.1) is 5.52 Å². The highest BCUT2D eigenvalue weighted by Crippen LogP contribution is 2.15. The number of carbonyl (C=O) groups is 1. The number of fused-ring (bicyclic) bond motifs is 1. The first-order valence-electron chi connectivity index (χ1n) is 3.52. The molecule has 0 atom stereocenters. The Morgan fingerprint density at radius 1 is 1.33 bits per heavy atom. The summed E-state index contributed by atoms with van der Waals surface area (Å²) in [6.45, 7) is 0. The van der Waals surface area contributed by atoms with Gasteiger partial charge in [0, 0.05) is 11.6 Å². The Hall–Kier alpha value is -1.64. The van der Waals surface area contributed by atoms with E-state index in [2.05, 4.69) is 0 Å². The third-order valence-electron chi connectivity index (χ3n) is 1.80. The molecule has 2 nitrogen and oxygen atoms in total. The molecule has 0 aliphatic heterocycles. The van der Waals surface area contributed by atoms with E-state index in [0.717, 1.165) is 10.9 Å². The second-order valence-corrected chi connectivity index (χ2v) is 2.53. The first-order chi connectivity index (χ1) is 5.81. The van der Waals surface area contributed by atoms with Crippen LogP contribution in [0.1, 0.15) is 0 Å². The van der Waals surface area contributed by atoms with Crippen LogP contribution in [-0.2, 0) is 4.79 Å². The molecule has 0 aliphatic rings. The quantitative estimate of drug-likeness (QED) is 0.588. The first kappa shape index (κ1) is 7.03. The Balaban J connectivity index is 2.81. The summed E-state index contributed by atoms with van der Waals surface area (Å²) < 4.78 is 14.1. The van der Waals surface area contributed by atoms with Crippen LogP contribution in [0, 0.1) is 5.82 Å². The van der Waals surface area contributed by atoms with Crippen LogP contribution in [0.15, 0.2) is 30.5 Å². The molecule has 0 spiro atoms. The molecule has 1 heterocycles. The van der Waals surface area contributed by atoms with E-state index < -0.39 is 0 Å². The van der Waals surface area contributed by atoms with Gasteiger partial charge in [0.25, 0.3) is 0 Å². The Morgan fingerprint density at radius 2 is 2.17 bits per heavy atom. The lowest BCUT2D eigenvalue weighted by Crippen LogP contribution is -1.90. The number of nitrogens with zero attached hydrogens (tertiary/aromatic N) is 1. The lowest BCUT2D eigenvalue weighted by Gasteiger charge is -1.93. The van der Waals surface area contributed by atoms with Gasteiger partial charge in [-0.3, -0.25) is 9.36 Å². The molecule has 0 bridgehead atoms. The third kappa shape index (κ3) is 0.906. The lowest BCUT2D eigenvalue weighted by molar-refractivity contribution is 0.549. The zero-order valence-electron chi connectivity index (χ0n) is 6.20. The van der Waals surface area contributed by atoms with Gasteiger partial charge in [-0.25, -0.2) is 4.39 Å². The summed E-state index contributed by atoms with van der Waals surface area (Å²) in [7, 11) is 0. The largest absolute Gasteiger partial charge is 0.290 e. The minimum absolute atomic E-state index is 0.286. The van der Waals surface area contributed by atoms with Crippen molar-refractivity contribution >= 4 is 17.3 Å². The van der Waals surface area contributed by atoms with Gasteiger partial charge in [0.2, 0.25) is 6.41 Å². The molecule has 1 aromatic carbocycles. The number of hydrogen-bond acceptors (Lipinski definition) is 1. The molecule has 0 amide bonds. The van der Waals surface area contributed by atoms with Crippen LogP contribution in [0.4, 0.5) is 4.39 Å². The van der Waals surface area contributed by atoms with E-state index in [-0.39, 0.29) is 5.82 Å². The number of aromatic nitrogens is 1. The van der Waals surface area contributed by atoms with Gasteiger partial charge in [-0.05, 0) is 24.3 Å². The Kier molecular flexibility index (Phi) is 1.43. The summed E-state index contributed by atoms with van der Waals surface area (Å²) in [5, 5.41) is 0.738. The molecule has 0 radical (unpaired) electrons. The smallest absolute Gasteiger partial charge is 0.218 e. The van der Waals surface area contributed by atoms with E-state index in [0.29, 0.717) is 6.41 Å². The fourth-order valence-corrected chi connectivity index (χ4v) is 1.23. The number of carbonyl (C=O) groups excluding carboxylic acids is 1. The summed E-state index contributed by atoms with van der Waals surface area (Å²) in [5.41, 5.74) is 0.728. The van der Waals surface area contributed by atoms with Crippen LogP contribution in [0.5, 0.6) is 0 Å². The van der Waals surface area contributed by atoms with Crippen molar-refractivity contribution in [2.24, 2.45) is 0 Å². The zero-order valence-corrected chi connectivity index (χ0v) is 6.20. The maximum absolute atomic E-state index is 12.7. The van der Waals surface area contributed by atoms with E-state index in [4.69, 9.17) is 0 Å². The van der Waals surface area contributed by atoms with E-state index in [1.54, 1.807) is 18.3 Å². The monoisotopic (exact) mass is 163 g/mol. The predicted octanol–water partition coefficient (Wildman–Crippen LogP) is 1.82. The second-order valence-electron chi connectivity index (χ2n) is 2.53. The molecule has 3 heteroatoms. The minimum Gasteiger partial charge on any atom is -0.290 e. The molecular formula is C9H6FNO. The highest BCUT2D eigenvalue weighted by Gasteiger charge is 1.99. The molecule has 0 saturated heterocycles. The third-order valence-corrected chi connectivity index (χ3v) is 1.80. The lowest BCUT2D eigenvalue weighted by atomic mass is 10.2.